The van der Waals surface area contributed by atoms with E-state index < -0.39 is 0 Å². The first-order chi connectivity index (χ1) is 15.3. The van der Waals surface area contributed by atoms with Crippen molar-refractivity contribution in [2.75, 3.05) is 0 Å². The van der Waals surface area contributed by atoms with E-state index in [2.05, 4.69) is 79.7 Å². The minimum absolute atomic E-state index is 0.260. The van der Waals surface area contributed by atoms with Crippen LogP contribution in [0.1, 0.15) is 28.4 Å². The van der Waals surface area contributed by atoms with E-state index in [-0.39, 0.29) is 5.25 Å². The second-order valence-corrected chi connectivity index (χ2v) is 10.3. The van der Waals surface area contributed by atoms with Gasteiger partial charge in [-0.1, -0.05) is 72.4 Å². The smallest absolute Gasteiger partial charge is 0.0797 e. The summed E-state index contributed by atoms with van der Waals surface area (Å²) in [4.78, 5) is 14.1. The van der Waals surface area contributed by atoms with E-state index in [4.69, 9.17) is 9.98 Å². The van der Waals surface area contributed by atoms with Crippen molar-refractivity contribution in [1.29, 1.82) is 0 Å². The molecule has 0 spiro atoms. The maximum Gasteiger partial charge on any atom is 0.0797 e. The van der Waals surface area contributed by atoms with Crippen LogP contribution in [0.15, 0.2) is 80.4 Å². The third kappa shape index (κ3) is 2.61. The van der Waals surface area contributed by atoms with Crippen molar-refractivity contribution in [1.82, 2.24) is 0 Å². The fraction of sp³-hybridized carbons (Fsp3) is 0.111. The maximum absolute atomic E-state index is 5.11. The summed E-state index contributed by atoms with van der Waals surface area (Å²) in [5, 5.41) is 2.88. The van der Waals surface area contributed by atoms with Crippen LogP contribution in [-0.2, 0) is 0 Å². The Kier molecular flexibility index (Phi) is 3.79. The number of allylic oxidation sites excluding steroid dienone is 1. The van der Waals surface area contributed by atoms with Crippen molar-refractivity contribution in [3.63, 3.8) is 0 Å². The highest BCUT2D eigenvalue weighted by Crippen LogP contribution is 2.55. The molecule has 4 aliphatic rings. The van der Waals surface area contributed by atoms with Crippen molar-refractivity contribution in [2.45, 2.75) is 28.4 Å². The number of fused-ring (bicyclic) bond motifs is 7. The molecule has 0 bridgehead atoms. The van der Waals surface area contributed by atoms with Crippen LogP contribution in [0, 0.1) is 6.92 Å². The van der Waals surface area contributed by atoms with E-state index in [0.29, 0.717) is 0 Å². The van der Waals surface area contributed by atoms with E-state index in [0.717, 1.165) is 23.5 Å². The zero-order valence-corrected chi connectivity index (χ0v) is 18.6. The summed E-state index contributed by atoms with van der Waals surface area (Å²) in [6.45, 7) is 2.24. The zero-order valence-electron chi connectivity index (χ0n) is 16.9. The van der Waals surface area contributed by atoms with Crippen molar-refractivity contribution in [3.8, 4) is 0 Å². The van der Waals surface area contributed by atoms with Gasteiger partial charge in [0.25, 0.3) is 0 Å². The van der Waals surface area contributed by atoms with E-state index in [1.54, 1.807) is 0 Å². The SMILES string of the molecule is Cc1c2c(cc3c1SC1C(=N3)C=Cc3ccccc31)N=C1CC=c3ccccc3=C1S2. The number of benzene rings is 3. The summed E-state index contributed by atoms with van der Waals surface area (Å²) in [6, 6.07) is 19.5. The number of thioether (sulfide) groups is 2. The molecule has 0 aromatic heterocycles. The fourth-order valence-corrected chi connectivity index (χ4v) is 7.40. The largest absolute Gasteiger partial charge is 0.251 e. The Balaban J connectivity index is 1.41. The molecule has 148 valence electrons. The van der Waals surface area contributed by atoms with Gasteiger partial charge in [-0.3, -0.25) is 9.98 Å². The lowest BCUT2D eigenvalue weighted by atomic mass is 9.95. The second kappa shape index (κ2) is 6.59. The molecule has 1 atom stereocenters. The first kappa shape index (κ1) is 17.8. The number of aliphatic imine (C=N–C) groups is 2. The normalized spacial score (nSPS) is 19.5. The minimum atomic E-state index is 0.260. The van der Waals surface area contributed by atoms with Gasteiger partial charge < -0.3 is 0 Å². The van der Waals surface area contributed by atoms with Gasteiger partial charge >= 0.3 is 0 Å². The molecule has 3 aromatic carbocycles. The molecule has 2 aliphatic heterocycles. The number of nitrogens with zero attached hydrogens (tertiary/aromatic N) is 2. The molecule has 3 aromatic rings. The van der Waals surface area contributed by atoms with Crippen molar-refractivity contribution in [2.24, 2.45) is 9.98 Å². The van der Waals surface area contributed by atoms with Crippen molar-refractivity contribution >= 4 is 63.4 Å². The molecule has 0 saturated heterocycles. The van der Waals surface area contributed by atoms with Gasteiger partial charge in [0, 0.05) is 21.1 Å². The molecule has 7 rings (SSSR count). The van der Waals surface area contributed by atoms with E-state index in [9.17, 15) is 0 Å². The molecule has 0 saturated carbocycles. The van der Waals surface area contributed by atoms with Crippen molar-refractivity contribution < 1.29 is 0 Å². The number of hydrogen-bond acceptors (Lipinski definition) is 4. The second-order valence-electron chi connectivity index (χ2n) is 8.18. The average molecular weight is 435 g/mol. The van der Waals surface area contributed by atoms with Gasteiger partial charge in [0.1, 0.15) is 0 Å². The highest BCUT2D eigenvalue weighted by atomic mass is 32.2. The molecule has 2 nitrogen and oxygen atoms in total. The Morgan fingerprint density at radius 2 is 1.74 bits per heavy atom. The molecule has 0 radical (unpaired) electrons. The standard InChI is InChI=1S/C27H18N2S2/c1-15-24-22(28-20-12-10-16-6-2-4-8-18(16)26(20)30-24)14-23-25(15)31-27-19-9-5-3-7-17(19)11-13-21(27)29-23/h2-12,14,26H,13H2,1H3. The van der Waals surface area contributed by atoms with Crippen LogP contribution in [0.4, 0.5) is 11.4 Å². The van der Waals surface area contributed by atoms with E-state index >= 15 is 0 Å². The quantitative estimate of drug-likeness (QED) is 0.426. The molecule has 0 fully saturated rings. The molecule has 0 amide bonds. The van der Waals surface area contributed by atoms with Crippen LogP contribution in [0.3, 0.4) is 0 Å². The summed E-state index contributed by atoms with van der Waals surface area (Å²) >= 11 is 3.83. The lowest BCUT2D eigenvalue weighted by Crippen LogP contribution is -2.32. The molecule has 31 heavy (non-hydrogen) atoms. The Morgan fingerprint density at radius 3 is 2.71 bits per heavy atom. The predicted octanol–water partition coefficient (Wildman–Crippen LogP) is 6.11. The predicted molar refractivity (Wildman–Crippen MR) is 133 cm³/mol. The average Bonchev–Trinajstić information content (AvgIpc) is 2.82. The highest BCUT2D eigenvalue weighted by molar-refractivity contribution is 8.09. The molecule has 1 unspecified atom stereocenters. The number of hydrogen-bond donors (Lipinski definition) is 0. The monoisotopic (exact) mass is 434 g/mol. The topological polar surface area (TPSA) is 24.7 Å². The van der Waals surface area contributed by atoms with Gasteiger partial charge in [0.2, 0.25) is 0 Å². The molecule has 0 N–H and O–H groups in total. The summed E-state index contributed by atoms with van der Waals surface area (Å²) in [5.74, 6) is 0. The lowest BCUT2D eigenvalue weighted by Gasteiger charge is -2.30. The van der Waals surface area contributed by atoms with Gasteiger partial charge in [-0.25, -0.2) is 0 Å². The van der Waals surface area contributed by atoms with Crippen molar-refractivity contribution in [3.05, 3.63) is 87.8 Å². The molecular formula is C27H18N2S2. The van der Waals surface area contributed by atoms with E-state index in [1.807, 2.05) is 23.5 Å². The van der Waals surface area contributed by atoms with Crippen LogP contribution >= 0.6 is 23.5 Å². The number of rotatable bonds is 0. The first-order valence-corrected chi connectivity index (χ1v) is 12.2. The minimum Gasteiger partial charge on any atom is -0.251 e. The molecule has 4 heteroatoms. The third-order valence-electron chi connectivity index (χ3n) is 6.33. The van der Waals surface area contributed by atoms with Gasteiger partial charge in [-0.15, -0.1) is 11.8 Å². The molecular weight excluding hydrogens is 416 g/mol. The van der Waals surface area contributed by atoms with Crippen LogP contribution in [-0.4, -0.2) is 11.4 Å². The van der Waals surface area contributed by atoms with Crippen LogP contribution in [0.5, 0.6) is 0 Å². The Hall–Kier alpha value is -2.82. The van der Waals surface area contributed by atoms with Gasteiger partial charge in [-0.2, -0.15) is 0 Å². The Bertz CT molecular complexity index is 1530. The fourth-order valence-electron chi connectivity index (χ4n) is 4.79. The van der Waals surface area contributed by atoms with E-state index in [1.165, 1.54) is 47.5 Å². The van der Waals surface area contributed by atoms with Crippen LogP contribution in [0.2, 0.25) is 0 Å². The summed E-state index contributed by atoms with van der Waals surface area (Å²) in [6.07, 6.45) is 7.55. The summed E-state index contributed by atoms with van der Waals surface area (Å²) in [5.41, 5.74) is 8.40. The van der Waals surface area contributed by atoms with Crippen LogP contribution < -0.4 is 10.4 Å². The van der Waals surface area contributed by atoms with Gasteiger partial charge in [0.15, 0.2) is 0 Å². The first-order valence-electron chi connectivity index (χ1n) is 10.5. The Morgan fingerprint density at radius 1 is 0.903 bits per heavy atom. The maximum atomic E-state index is 5.11. The highest BCUT2D eigenvalue weighted by Gasteiger charge is 2.32. The van der Waals surface area contributed by atoms with Crippen LogP contribution in [0.25, 0.3) is 17.1 Å². The lowest BCUT2D eigenvalue weighted by molar-refractivity contribution is 1.13. The summed E-state index contributed by atoms with van der Waals surface area (Å²) < 4.78 is 0. The third-order valence-corrected chi connectivity index (χ3v) is 9.19. The van der Waals surface area contributed by atoms with Gasteiger partial charge in [-0.05, 0) is 46.2 Å². The molecule has 2 aliphatic carbocycles. The van der Waals surface area contributed by atoms with Gasteiger partial charge in [0.05, 0.1) is 28.0 Å². The zero-order chi connectivity index (χ0) is 20.5. The summed E-state index contributed by atoms with van der Waals surface area (Å²) in [7, 11) is 0. The molecule has 2 heterocycles. The Labute approximate surface area is 189 Å².